The average Bonchev–Trinajstić information content (AvgIpc) is 2.64. The molecule has 2 rings (SSSR count). The molecule has 0 aliphatic rings. The minimum Gasteiger partial charge on any atom is -0.255 e. The van der Waals surface area contributed by atoms with Crippen LogP contribution in [-0.4, -0.2) is 20.9 Å². The van der Waals surface area contributed by atoms with E-state index in [1.807, 2.05) is 0 Å². The Balaban J connectivity index is 2.33. The Morgan fingerprint density at radius 2 is 1.94 bits per heavy atom. The molecule has 0 radical (unpaired) electrons. The number of pyridine rings is 1. The summed E-state index contributed by atoms with van der Waals surface area (Å²) in [5.41, 5.74) is 0.835. The zero-order valence-corrected chi connectivity index (χ0v) is 8.15. The molecule has 0 bridgehead atoms. The molecule has 0 unspecified atom stereocenters. The summed E-state index contributed by atoms with van der Waals surface area (Å²) in [5.74, 6) is 0. The molecule has 0 aliphatic heterocycles. The Hall–Kier alpha value is -1.85. The van der Waals surface area contributed by atoms with E-state index in [-0.39, 0.29) is 0 Å². The van der Waals surface area contributed by atoms with Crippen LogP contribution in [0.1, 0.15) is 0 Å². The van der Waals surface area contributed by atoms with Gasteiger partial charge in [0.1, 0.15) is 6.54 Å². The van der Waals surface area contributed by atoms with Crippen molar-refractivity contribution in [1.29, 1.82) is 0 Å². The van der Waals surface area contributed by atoms with Crippen LogP contribution in [0.5, 0.6) is 0 Å². The quantitative estimate of drug-likeness (QED) is 0.789. The molecule has 84 valence electrons. The Morgan fingerprint density at radius 3 is 2.56 bits per heavy atom. The van der Waals surface area contributed by atoms with E-state index in [1.54, 1.807) is 18.2 Å². The van der Waals surface area contributed by atoms with E-state index in [0.717, 1.165) is 4.68 Å². The minimum atomic E-state index is -4.28. The summed E-state index contributed by atoms with van der Waals surface area (Å²) >= 11 is 0. The Kier molecular flexibility index (Phi) is 2.64. The molecule has 0 aliphatic carbocycles. The largest absolute Gasteiger partial charge is 0.408 e. The number of rotatable bonds is 2. The molecule has 16 heavy (non-hydrogen) atoms. The SMILES string of the molecule is FC(F)(F)Cn1nccc1-c1ccccn1. The van der Waals surface area contributed by atoms with E-state index in [0.29, 0.717) is 11.4 Å². The summed E-state index contributed by atoms with van der Waals surface area (Å²) in [4.78, 5) is 3.98. The summed E-state index contributed by atoms with van der Waals surface area (Å²) < 4.78 is 37.6. The van der Waals surface area contributed by atoms with Gasteiger partial charge in [0.25, 0.3) is 0 Å². The molecule has 0 atom stereocenters. The Bertz CT molecular complexity index is 462. The lowest BCUT2D eigenvalue weighted by Gasteiger charge is -2.09. The van der Waals surface area contributed by atoms with E-state index in [1.165, 1.54) is 18.5 Å². The van der Waals surface area contributed by atoms with Crippen LogP contribution in [0.3, 0.4) is 0 Å². The Morgan fingerprint density at radius 1 is 1.12 bits per heavy atom. The van der Waals surface area contributed by atoms with Crippen LogP contribution in [0, 0.1) is 0 Å². The second-order valence-corrected chi connectivity index (χ2v) is 3.20. The average molecular weight is 227 g/mol. The highest BCUT2D eigenvalue weighted by Gasteiger charge is 2.29. The molecule has 2 aromatic heterocycles. The van der Waals surface area contributed by atoms with Crippen molar-refractivity contribution in [2.45, 2.75) is 12.7 Å². The van der Waals surface area contributed by atoms with Gasteiger partial charge >= 0.3 is 6.18 Å². The summed E-state index contributed by atoms with van der Waals surface area (Å²) in [5, 5.41) is 3.63. The van der Waals surface area contributed by atoms with Gasteiger partial charge in [0.05, 0.1) is 11.4 Å². The van der Waals surface area contributed by atoms with Crippen molar-refractivity contribution in [2.75, 3.05) is 0 Å². The second kappa shape index (κ2) is 3.96. The van der Waals surface area contributed by atoms with Gasteiger partial charge in [-0.15, -0.1) is 0 Å². The van der Waals surface area contributed by atoms with Gasteiger partial charge in [-0.1, -0.05) is 6.07 Å². The van der Waals surface area contributed by atoms with Crippen LogP contribution >= 0.6 is 0 Å². The van der Waals surface area contributed by atoms with Gasteiger partial charge < -0.3 is 0 Å². The van der Waals surface area contributed by atoms with Crippen molar-refractivity contribution >= 4 is 0 Å². The lowest BCUT2D eigenvalue weighted by Crippen LogP contribution is -2.19. The van der Waals surface area contributed by atoms with Crippen LogP contribution in [0.4, 0.5) is 13.2 Å². The van der Waals surface area contributed by atoms with Gasteiger partial charge in [-0.05, 0) is 18.2 Å². The fraction of sp³-hybridized carbons (Fsp3) is 0.200. The lowest BCUT2D eigenvalue weighted by atomic mass is 10.3. The van der Waals surface area contributed by atoms with Gasteiger partial charge in [-0.25, -0.2) is 0 Å². The zero-order chi connectivity index (χ0) is 11.6. The molecule has 6 heteroatoms. The first-order chi connectivity index (χ1) is 7.56. The number of hydrogen-bond donors (Lipinski definition) is 0. The normalized spacial score (nSPS) is 11.7. The maximum absolute atomic E-state index is 12.2. The highest BCUT2D eigenvalue weighted by molar-refractivity contribution is 5.53. The number of hydrogen-bond acceptors (Lipinski definition) is 2. The zero-order valence-electron chi connectivity index (χ0n) is 8.15. The summed E-state index contributed by atoms with van der Waals surface area (Å²) in [6, 6.07) is 6.57. The highest BCUT2D eigenvalue weighted by Crippen LogP contribution is 2.22. The van der Waals surface area contributed by atoms with Gasteiger partial charge in [-0.2, -0.15) is 18.3 Å². The molecule has 0 saturated heterocycles. The molecule has 0 saturated carbocycles. The fourth-order valence-corrected chi connectivity index (χ4v) is 1.36. The number of aromatic nitrogens is 3. The summed E-state index contributed by atoms with van der Waals surface area (Å²) in [7, 11) is 0. The van der Waals surface area contributed by atoms with Crippen LogP contribution in [0.15, 0.2) is 36.7 Å². The van der Waals surface area contributed by atoms with E-state index < -0.39 is 12.7 Å². The molecule has 2 aromatic rings. The van der Waals surface area contributed by atoms with Crippen LogP contribution in [0.25, 0.3) is 11.4 Å². The van der Waals surface area contributed by atoms with Crippen LogP contribution in [0.2, 0.25) is 0 Å². The molecule has 2 heterocycles. The fourth-order valence-electron chi connectivity index (χ4n) is 1.36. The number of halogens is 3. The van der Waals surface area contributed by atoms with Crippen molar-refractivity contribution in [3.8, 4) is 11.4 Å². The van der Waals surface area contributed by atoms with Crippen molar-refractivity contribution in [3.63, 3.8) is 0 Å². The maximum atomic E-state index is 12.2. The van der Waals surface area contributed by atoms with Crippen LogP contribution in [-0.2, 0) is 6.54 Å². The smallest absolute Gasteiger partial charge is 0.255 e. The number of nitrogens with zero attached hydrogens (tertiary/aromatic N) is 3. The van der Waals surface area contributed by atoms with Gasteiger partial charge in [-0.3, -0.25) is 9.67 Å². The summed E-state index contributed by atoms with van der Waals surface area (Å²) in [6.07, 6.45) is -1.43. The first kappa shape index (κ1) is 10.7. The van der Waals surface area contributed by atoms with Gasteiger partial charge in [0.15, 0.2) is 0 Å². The molecular weight excluding hydrogens is 219 g/mol. The third kappa shape index (κ3) is 2.39. The first-order valence-electron chi connectivity index (χ1n) is 4.56. The number of alkyl halides is 3. The molecule has 0 spiro atoms. The highest BCUT2D eigenvalue weighted by atomic mass is 19.4. The molecule has 0 amide bonds. The molecular formula is C10H8F3N3. The predicted molar refractivity (Wildman–Crippen MR) is 51.5 cm³/mol. The van der Waals surface area contributed by atoms with Crippen molar-refractivity contribution in [1.82, 2.24) is 14.8 Å². The first-order valence-corrected chi connectivity index (χ1v) is 4.56. The van der Waals surface area contributed by atoms with Crippen molar-refractivity contribution in [3.05, 3.63) is 36.7 Å². The molecule has 0 aromatic carbocycles. The molecule has 0 N–H and O–H groups in total. The Labute approximate surface area is 89.5 Å². The standard InChI is InChI=1S/C10H8F3N3/c11-10(12,13)7-16-9(4-6-15-16)8-3-1-2-5-14-8/h1-6H,7H2. The van der Waals surface area contributed by atoms with Crippen molar-refractivity contribution in [2.24, 2.45) is 0 Å². The molecule has 3 nitrogen and oxygen atoms in total. The third-order valence-electron chi connectivity index (χ3n) is 1.97. The topological polar surface area (TPSA) is 30.7 Å². The predicted octanol–water partition coefficient (Wildman–Crippen LogP) is 2.51. The monoisotopic (exact) mass is 227 g/mol. The van der Waals surface area contributed by atoms with E-state index in [4.69, 9.17) is 0 Å². The van der Waals surface area contributed by atoms with Gasteiger partial charge in [0.2, 0.25) is 0 Å². The van der Waals surface area contributed by atoms with E-state index >= 15 is 0 Å². The van der Waals surface area contributed by atoms with Crippen LogP contribution < -0.4 is 0 Å². The van der Waals surface area contributed by atoms with Crippen molar-refractivity contribution < 1.29 is 13.2 Å². The maximum Gasteiger partial charge on any atom is 0.408 e. The lowest BCUT2D eigenvalue weighted by molar-refractivity contribution is -0.142. The van der Waals surface area contributed by atoms with Gasteiger partial charge in [0, 0.05) is 12.4 Å². The second-order valence-electron chi connectivity index (χ2n) is 3.20. The third-order valence-corrected chi connectivity index (χ3v) is 1.97. The minimum absolute atomic E-state index is 0.359. The van der Waals surface area contributed by atoms with E-state index in [9.17, 15) is 13.2 Å². The van der Waals surface area contributed by atoms with E-state index in [2.05, 4.69) is 10.1 Å². The molecule has 0 fully saturated rings. The summed E-state index contributed by atoms with van der Waals surface area (Å²) in [6.45, 7) is -1.11.